The molecule has 1 heterocycles. The Kier molecular flexibility index (Phi) is 12.0. The standard InChI is InChI=1S/C24H34N4O2.C4H4O4/c1-3-15-28-16-11-20(12-17-28)19-7-9-21(10-8-19)22(29)26-24(13-5-4-6-14-24)23(30)27(2)18-25;5-3(6)1-2-4(7)8/h7-10,20H,3-6,11-17H2,1-2H3,(H,26,29);1-2H,(H,5,6)(H,7,8)/b;2-1-. The maximum atomic E-state index is 13.0. The third kappa shape index (κ3) is 8.99. The van der Waals surface area contributed by atoms with E-state index in [9.17, 15) is 19.2 Å². The summed E-state index contributed by atoms with van der Waals surface area (Å²) in [5, 5.41) is 27.8. The molecule has 1 aliphatic carbocycles. The van der Waals surface area contributed by atoms with Gasteiger partial charge in [-0.25, -0.2) is 9.59 Å². The fourth-order valence-electron chi connectivity index (χ4n) is 5.06. The third-order valence-electron chi connectivity index (χ3n) is 7.06. The van der Waals surface area contributed by atoms with E-state index in [4.69, 9.17) is 15.5 Å². The first-order chi connectivity index (χ1) is 18.1. The lowest BCUT2D eigenvalue weighted by atomic mass is 9.80. The molecular weight excluding hydrogens is 488 g/mol. The summed E-state index contributed by atoms with van der Waals surface area (Å²) < 4.78 is 0. The minimum atomic E-state index is -1.26. The lowest BCUT2D eigenvalue weighted by Gasteiger charge is -2.37. The van der Waals surface area contributed by atoms with Crippen LogP contribution in [0.2, 0.25) is 0 Å². The highest BCUT2D eigenvalue weighted by Gasteiger charge is 2.43. The zero-order valence-electron chi connectivity index (χ0n) is 22.2. The van der Waals surface area contributed by atoms with E-state index in [0.29, 0.717) is 36.5 Å². The van der Waals surface area contributed by atoms with Crippen LogP contribution in [0.15, 0.2) is 36.4 Å². The summed E-state index contributed by atoms with van der Waals surface area (Å²) in [6.45, 7) is 5.67. The fourth-order valence-corrected chi connectivity index (χ4v) is 5.06. The summed E-state index contributed by atoms with van der Waals surface area (Å²) in [5.74, 6) is -2.51. The van der Waals surface area contributed by atoms with Crippen molar-refractivity contribution >= 4 is 23.8 Å². The first kappa shape index (κ1) is 30.5. The van der Waals surface area contributed by atoms with E-state index in [1.54, 1.807) is 0 Å². The second-order valence-corrected chi connectivity index (χ2v) is 9.81. The van der Waals surface area contributed by atoms with Gasteiger partial charge in [-0.15, -0.1) is 0 Å². The van der Waals surface area contributed by atoms with Crippen molar-refractivity contribution in [3.05, 3.63) is 47.5 Å². The van der Waals surface area contributed by atoms with Crippen LogP contribution in [0.3, 0.4) is 0 Å². The molecule has 2 fully saturated rings. The van der Waals surface area contributed by atoms with Crippen molar-refractivity contribution in [2.45, 2.75) is 69.7 Å². The highest BCUT2D eigenvalue weighted by molar-refractivity contribution is 5.99. The second kappa shape index (κ2) is 14.9. The smallest absolute Gasteiger partial charge is 0.328 e. The van der Waals surface area contributed by atoms with Gasteiger partial charge in [0.05, 0.1) is 0 Å². The number of benzene rings is 1. The number of likely N-dealkylation sites (tertiary alicyclic amines) is 1. The van der Waals surface area contributed by atoms with E-state index in [1.165, 1.54) is 25.6 Å². The van der Waals surface area contributed by atoms with Gasteiger partial charge in [0.25, 0.3) is 11.8 Å². The lowest BCUT2D eigenvalue weighted by molar-refractivity contribution is -0.135. The van der Waals surface area contributed by atoms with Gasteiger partial charge in [0.15, 0.2) is 6.19 Å². The number of carboxylic acids is 2. The first-order valence-corrected chi connectivity index (χ1v) is 13.1. The lowest BCUT2D eigenvalue weighted by Crippen LogP contribution is -2.59. The summed E-state index contributed by atoms with van der Waals surface area (Å²) in [6.07, 6.45) is 10.5. The van der Waals surface area contributed by atoms with Gasteiger partial charge in [0.2, 0.25) is 0 Å². The van der Waals surface area contributed by atoms with Crippen LogP contribution in [-0.4, -0.2) is 76.0 Å². The van der Waals surface area contributed by atoms with E-state index >= 15 is 0 Å². The molecule has 38 heavy (non-hydrogen) atoms. The number of carbonyl (C=O) groups is 4. The maximum absolute atomic E-state index is 13.0. The topological polar surface area (TPSA) is 151 Å². The molecule has 3 N–H and O–H groups in total. The molecule has 3 rings (SSSR count). The van der Waals surface area contributed by atoms with Crippen molar-refractivity contribution in [2.75, 3.05) is 26.7 Å². The number of hydrogen-bond donors (Lipinski definition) is 3. The Hall–Kier alpha value is -3.71. The SMILES string of the molecule is CCCN1CCC(c2ccc(C(=O)NC3(C(=O)N(C)C#N)CCCCC3)cc2)CC1.O=C(O)/C=C\C(=O)O. The van der Waals surface area contributed by atoms with E-state index in [1.807, 2.05) is 18.3 Å². The Bertz CT molecular complexity index is 1020. The van der Waals surface area contributed by atoms with Gasteiger partial charge in [0.1, 0.15) is 5.54 Å². The molecule has 0 bridgehead atoms. The monoisotopic (exact) mass is 526 g/mol. The average Bonchev–Trinajstić information content (AvgIpc) is 2.92. The van der Waals surface area contributed by atoms with Crippen LogP contribution >= 0.6 is 0 Å². The van der Waals surface area contributed by atoms with Gasteiger partial charge in [-0.2, -0.15) is 5.26 Å². The summed E-state index contributed by atoms with van der Waals surface area (Å²) >= 11 is 0. The predicted molar refractivity (Wildman–Crippen MR) is 141 cm³/mol. The van der Waals surface area contributed by atoms with Gasteiger partial charge in [-0.3, -0.25) is 14.5 Å². The molecule has 0 unspecified atom stereocenters. The number of carbonyl (C=O) groups excluding carboxylic acids is 2. The quantitative estimate of drug-likeness (QED) is 0.265. The van der Waals surface area contributed by atoms with Gasteiger partial charge < -0.3 is 20.4 Å². The number of rotatable bonds is 8. The number of likely N-dealkylation sites (N-methyl/N-ethyl adjacent to an activating group) is 1. The fraction of sp³-hybridized carbons (Fsp3) is 0.536. The molecule has 1 saturated carbocycles. The maximum Gasteiger partial charge on any atom is 0.328 e. The summed E-state index contributed by atoms with van der Waals surface area (Å²) in [7, 11) is 1.46. The Balaban J connectivity index is 0.000000550. The molecule has 1 aromatic rings. The molecule has 1 aliphatic heterocycles. The number of nitriles is 1. The molecule has 206 valence electrons. The number of amides is 2. The van der Waals surface area contributed by atoms with Crippen LogP contribution < -0.4 is 5.32 Å². The van der Waals surface area contributed by atoms with E-state index in [2.05, 4.69) is 29.3 Å². The van der Waals surface area contributed by atoms with Crippen LogP contribution in [0.25, 0.3) is 0 Å². The minimum absolute atomic E-state index is 0.235. The number of carboxylic acid groups (broad SMARTS) is 2. The number of nitrogens with zero attached hydrogens (tertiary/aromatic N) is 3. The highest BCUT2D eigenvalue weighted by Crippen LogP contribution is 2.31. The third-order valence-corrected chi connectivity index (χ3v) is 7.06. The van der Waals surface area contributed by atoms with Gasteiger partial charge in [0, 0.05) is 24.8 Å². The predicted octanol–water partition coefficient (Wildman–Crippen LogP) is 3.36. The molecule has 10 heteroatoms. The molecule has 2 amide bonds. The van der Waals surface area contributed by atoms with Gasteiger partial charge in [-0.1, -0.05) is 38.3 Å². The molecule has 1 saturated heterocycles. The highest BCUT2D eigenvalue weighted by atomic mass is 16.4. The number of hydrogen-bond acceptors (Lipinski definition) is 6. The van der Waals surface area contributed by atoms with Crippen LogP contribution in [0.5, 0.6) is 0 Å². The molecule has 0 aromatic heterocycles. The van der Waals surface area contributed by atoms with Crippen molar-refractivity contribution in [3.63, 3.8) is 0 Å². The number of aliphatic carboxylic acids is 2. The molecular formula is C28H38N4O6. The van der Waals surface area contributed by atoms with E-state index < -0.39 is 17.5 Å². The van der Waals surface area contributed by atoms with Crippen LogP contribution in [0.4, 0.5) is 0 Å². The van der Waals surface area contributed by atoms with Gasteiger partial charge >= 0.3 is 11.9 Å². The Morgan fingerprint density at radius 3 is 2.08 bits per heavy atom. The van der Waals surface area contributed by atoms with Gasteiger partial charge in [-0.05, 0) is 75.4 Å². The van der Waals surface area contributed by atoms with Crippen LogP contribution in [0.1, 0.15) is 80.1 Å². The molecule has 10 nitrogen and oxygen atoms in total. The first-order valence-electron chi connectivity index (χ1n) is 13.1. The van der Waals surface area contributed by atoms with Crippen molar-refractivity contribution in [2.24, 2.45) is 0 Å². The van der Waals surface area contributed by atoms with Crippen molar-refractivity contribution in [1.82, 2.24) is 15.1 Å². The Morgan fingerprint density at radius 2 is 1.61 bits per heavy atom. The normalized spacial score (nSPS) is 17.5. The number of nitrogens with one attached hydrogen (secondary N) is 1. The van der Waals surface area contributed by atoms with E-state index in [0.717, 1.165) is 50.1 Å². The molecule has 2 aliphatic rings. The molecule has 0 spiro atoms. The van der Waals surface area contributed by atoms with Crippen LogP contribution in [0, 0.1) is 11.5 Å². The van der Waals surface area contributed by atoms with Crippen molar-refractivity contribution < 1.29 is 29.4 Å². The summed E-state index contributed by atoms with van der Waals surface area (Å²) in [6, 6.07) is 7.87. The zero-order valence-corrected chi connectivity index (χ0v) is 22.2. The van der Waals surface area contributed by atoms with E-state index in [-0.39, 0.29) is 11.8 Å². The Morgan fingerprint density at radius 1 is 1.05 bits per heavy atom. The Labute approximate surface area is 223 Å². The van der Waals surface area contributed by atoms with Crippen LogP contribution in [-0.2, 0) is 14.4 Å². The number of piperidine rings is 1. The zero-order chi connectivity index (χ0) is 28.1. The largest absolute Gasteiger partial charge is 0.478 e. The average molecular weight is 527 g/mol. The minimum Gasteiger partial charge on any atom is -0.478 e. The van der Waals surface area contributed by atoms with Crippen molar-refractivity contribution in [3.8, 4) is 6.19 Å². The molecule has 0 atom stereocenters. The second-order valence-electron chi connectivity index (χ2n) is 9.81. The molecule has 1 aromatic carbocycles. The summed E-state index contributed by atoms with van der Waals surface area (Å²) in [5.41, 5.74) is 0.889. The molecule has 0 radical (unpaired) electrons. The summed E-state index contributed by atoms with van der Waals surface area (Å²) in [4.78, 5) is 48.5. The van der Waals surface area contributed by atoms with Crippen molar-refractivity contribution in [1.29, 1.82) is 5.26 Å².